The smallest absolute Gasteiger partial charge is 0.185 e. The summed E-state index contributed by atoms with van der Waals surface area (Å²) in [7, 11) is -3.75. The average Bonchev–Trinajstić information content (AvgIpc) is 2.49. The van der Waals surface area contributed by atoms with E-state index in [0.29, 0.717) is 18.3 Å². The van der Waals surface area contributed by atoms with Gasteiger partial charge in [-0.1, -0.05) is 6.92 Å². The van der Waals surface area contributed by atoms with Gasteiger partial charge in [0.2, 0.25) is 0 Å². The van der Waals surface area contributed by atoms with Crippen molar-refractivity contribution in [3.63, 3.8) is 0 Å². The van der Waals surface area contributed by atoms with Gasteiger partial charge in [0.1, 0.15) is 11.2 Å². The summed E-state index contributed by atoms with van der Waals surface area (Å²) in [5.74, 6) is 0.940. The zero-order chi connectivity index (χ0) is 21.5. The van der Waals surface area contributed by atoms with E-state index in [1.54, 1.807) is 0 Å². The summed E-state index contributed by atoms with van der Waals surface area (Å²) >= 11 is 0. The second-order valence-corrected chi connectivity index (χ2v) is 20.3. The third kappa shape index (κ3) is 5.98. The number of carbonyl (C=O) groups excluding carboxylic acids is 1. The van der Waals surface area contributed by atoms with Gasteiger partial charge in [-0.25, -0.2) is 9.78 Å². The van der Waals surface area contributed by atoms with E-state index in [1.807, 2.05) is 13.8 Å². The van der Waals surface area contributed by atoms with Crippen molar-refractivity contribution < 1.29 is 23.4 Å². The molecule has 0 aromatic rings. The van der Waals surface area contributed by atoms with Crippen LogP contribution >= 0.6 is 0 Å². The molecule has 0 aromatic carbocycles. The lowest BCUT2D eigenvalue weighted by molar-refractivity contribution is -0.445. The number of fused-ring (bicyclic) bond motifs is 2. The van der Waals surface area contributed by atoms with E-state index in [0.717, 1.165) is 19.3 Å². The average molecular weight is 431 g/mol. The van der Waals surface area contributed by atoms with Crippen molar-refractivity contribution in [3.05, 3.63) is 0 Å². The van der Waals surface area contributed by atoms with Crippen molar-refractivity contribution in [3.8, 4) is 0 Å². The van der Waals surface area contributed by atoms with Crippen LogP contribution in [0.4, 0.5) is 0 Å². The summed E-state index contributed by atoms with van der Waals surface area (Å²) in [6, 6.07) is 0. The number of carbonyl (C=O) groups is 1. The molecule has 1 aliphatic carbocycles. The minimum atomic E-state index is -1.90. The van der Waals surface area contributed by atoms with Crippen molar-refractivity contribution in [1.82, 2.24) is 0 Å². The molecule has 7 heteroatoms. The maximum Gasteiger partial charge on any atom is 0.185 e. The molecule has 5 nitrogen and oxygen atoms in total. The van der Waals surface area contributed by atoms with Gasteiger partial charge < -0.3 is 8.85 Å². The van der Waals surface area contributed by atoms with Crippen molar-refractivity contribution in [1.29, 1.82) is 0 Å². The van der Waals surface area contributed by atoms with E-state index < -0.39 is 27.8 Å². The van der Waals surface area contributed by atoms with E-state index in [4.69, 9.17) is 18.6 Å². The van der Waals surface area contributed by atoms with Gasteiger partial charge in [-0.3, -0.25) is 4.79 Å². The van der Waals surface area contributed by atoms with Crippen LogP contribution in [0.5, 0.6) is 0 Å². The topological polar surface area (TPSA) is 54.0 Å². The van der Waals surface area contributed by atoms with Crippen LogP contribution < -0.4 is 0 Å². The summed E-state index contributed by atoms with van der Waals surface area (Å²) in [5, 5.41) is 0. The summed E-state index contributed by atoms with van der Waals surface area (Å²) < 4.78 is 12.8. The fourth-order valence-electron chi connectivity index (χ4n) is 4.51. The summed E-state index contributed by atoms with van der Waals surface area (Å²) in [5.41, 5.74) is -1.43. The predicted molar refractivity (Wildman–Crippen MR) is 117 cm³/mol. The third-order valence-corrected chi connectivity index (χ3v) is 8.14. The Hall–Kier alpha value is -0.0562. The monoisotopic (exact) mass is 430 g/mol. The SMILES string of the molecule is C[C@@H]1CC[C@H]2C[C@@H]1OO[C@]2(C)C(CC(=O)C(C)(C)O[Si](C)(C)C)O[Si](C)(C)C. The fraction of sp³-hybridized carbons (Fsp3) is 0.952. The molecule has 1 saturated carbocycles. The van der Waals surface area contributed by atoms with Crippen LogP contribution in [0.15, 0.2) is 0 Å². The molecule has 164 valence electrons. The van der Waals surface area contributed by atoms with Gasteiger partial charge in [-0.05, 0) is 91.2 Å². The summed E-state index contributed by atoms with van der Waals surface area (Å²) in [4.78, 5) is 25.1. The van der Waals surface area contributed by atoms with Crippen LogP contribution in [0.25, 0.3) is 0 Å². The molecule has 1 unspecified atom stereocenters. The standard InChI is InChI=1S/C21H42O5Si2/c1-15-11-12-16-13-17(15)23-25-21(16,4)19(24-27(5,6)7)14-18(22)20(2,3)26-28(8,9)10/h15-17,19H,11-14H2,1-10H3/t15-,16+,17+,19?,21+/m1/s1. The lowest BCUT2D eigenvalue weighted by atomic mass is 9.69. The van der Waals surface area contributed by atoms with Gasteiger partial charge in [0.05, 0.1) is 12.2 Å². The Morgan fingerprint density at radius 1 is 1.14 bits per heavy atom. The van der Waals surface area contributed by atoms with E-state index in [-0.39, 0.29) is 18.0 Å². The Morgan fingerprint density at radius 3 is 2.29 bits per heavy atom. The Kier molecular flexibility index (Phi) is 7.12. The highest BCUT2D eigenvalue weighted by Gasteiger charge is 2.53. The van der Waals surface area contributed by atoms with Gasteiger partial charge in [0, 0.05) is 6.42 Å². The maximum atomic E-state index is 13.3. The molecule has 0 amide bonds. The lowest BCUT2D eigenvalue weighted by Crippen LogP contribution is -2.60. The molecule has 5 atom stereocenters. The highest BCUT2D eigenvalue weighted by atomic mass is 28.4. The zero-order valence-corrected chi connectivity index (χ0v) is 21.7. The molecule has 2 rings (SSSR count). The van der Waals surface area contributed by atoms with Crippen LogP contribution in [0.1, 0.15) is 53.4 Å². The molecule has 1 heterocycles. The molecule has 0 spiro atoms. The molecule has 2 fully saturated rings. The van der Waals surface area contributed by atoms with E-state index >= 15 is 0 Å². The summed E-state index contributed by atoms with van der Waals surface area (Å²) in [6.45, 7) is 20.9. The maximum absolute atomic E-state index is 13.3. The van der Waals surface area contributed by atoms with Gasteiger partial charge >= 0.3 is 0 Å². The second kappa shape index (κ2) is 8.23. The molecule has 0 aromatic heterocycles. The van der Waals surface area contributed by atoms with Crippen molar-refractivity contribution in [2.24, 2.45) is 11.8 Å². The van der Waals surface area contributed by atoms with E-state index in [2.05, 4.69) is 53.1 Å². The minimum Gasteiger partial charge on any atom is -0.411 e. The Labute approximate surface area is 174 Å². The summed E-state index contributed by atoms with van der Waals surface area (Å²) in [6.07, 6.45) is 3.32. The largest absolute Gasteiger partial charge is 0.411 e. The normalized spacial score (nSPS) is 32.9. The van der Waals surface area contributed by atoms with Gasteiger partial charge in [-0.15, -0.1) is 0 Å². The van der Waals surface area contributed by atoms with Crippen LogP contribution in [0.3, 0.4) is 0 Å². The minimum absolute atomic E-state index is 0.0781. The molecule has 1 aliphatic heterocycles. The van der Waals surface area contributed by atoms with Crippen molar-refractivity contribution >= 4 is 22.4 Å². The molecule has 0 radical (unpaired) electrons. The van der Waals surface area contributed by atoms with Crippen LogP contribution in [-0.4, -0.2) is 45.8 Å². The van der Waals surface area contributed by atoms with Crippen LogP contribution in [-0.2, 0) is 23.4 Å². The second-order valence-electron chi connectivity index (χ2n) is 11.5. The highest BCUT2D eigenvalue weighted by molar-refractivity contribution is 6.70. The number of hydrogen-bond donors (Lipinski definition) is 0. The van der Waals surface area contributed by atoms with Crippen LogP contribution in [0.2, 0.25) is 39.3 Å². The predicted octanol–water partition coefficient (Wildman–Crippen LogP) is 5.32. The highest BCUT2D eigenvalue weighted by Crippen LogP contribution is 2.47. The van der Waals surface area contributed by atoms with Crippen molar-refractivity contribution in [2.45, 2.75) is 116 Å². The molecule has 2 aliphatic rings. The lowest BCUT2D eigenvalue weighted by Gasteiger charge is -2.52. The first-order chi connectivity index (χ1) is 12.5. The first-order valence-corrected chi connectivity index (χ1v) is 17.6. The molecule has 1 saturated heterocycles. The zero-order valence-electron chi connectivity index (χ0n) is 19.7. The number of ketones is 1. The fourth-order valence-corrected chi connectivity index (χ4v) is 7.33. The van der Waals surface area contributed by atoms with E-state index in [1.165, 1.54) is 0 Å². The number of Topliss-reactive ketones (excluding diaryl/α,β-unsaturated/α-hetero) is 1. The Balaban J connectivity index is 2.24. The molecular formula is C21H42O5Si2. The van der Waals surface area contributed by atoms with Crippen LogP contribution in [0, 0.1) is 11.8 Å². The molecular weight excluding hydrogens is 388 g/mol. The molecule has 28 heavy (non-hydrogen) atoms. The van der Waals surface area contributed by atoms with Gasteiger partial charge in [0.25, 0.3) is 0 Å². The van der Waals surface area contributed by atoms with Gasteiger partial charge in [0.15, 0.2) is 22.4 Å². The Morgan fingerprint density at radius 2 is 1.75 bits per heavy atom. The first-order valence-electron chi connectivity index (χ1n) is 10.8. The van der Waals surface area contributed by atoms with E-state index in [9.17, 15) is 4.79 Å². The number of rotatable bonds is 8. The first kappa shape index (κ1) is 24.2. The van der Waals surface area contributed by atoms with Gasteiger partial charge in [-0.2, -0.15) is 0 Å². The Bertz CT molecular complexity index is 566. The quantitative estimate of drug-likeness (QED) is 0.385. The third-order valence-electron chi connectivity index (χ3n) is 6.02. The van der Waals surface area contributed by atoms with Crippen molar-refractivity contribution in [2.75, 3.05) is 0 Å². The number of hydrogen-bond acceptors (Lipinski definition) is 5. The molecule has 2 bridgehead atoms. The molecule has 0 N–H and O–H groups in total.